The monoisotopic (exact) mass is 364 g/mol. The van der Waals surface area contributed by atoms with Crippen molar-refractivity contribution in [2.45, 2.75) is 37.1 Å². The Labute approximate surface area is 126 Å². The van der Waals surface area contributed by atoms with E-state index in [2.05, 4.69) is 20.7 Å². The second-order valence-electron chi connectivity index (χ2n) is 4.08. The van der Waals surface area contributed by atoms with Gasteiger partial charge in [0.1, 0.15) is 10.4 Å². The van der Waals surface area contributed by atoms with E-state index in [0.717, 1.165) is 0 Å². The molecule has 104 valence electrons. The predicted molar refractivity (Wildman–Crippen MR) is 78.4 cm³/mol. The van der Waals surface area contributed by atoms with E-state index in [-0.39, 0.29) is 9.92 Å². The molecule has 0 saturated carbocycles. The van der Waals surface area contributed by atoms with Gasteiger partial charge in [0, 0.05) is 4.47 Å². The molecular formula is C12H14BrClN2O2S. The third-order valence-electron chi connectivity index (χ3n) is 2.93. The minimum absolute atomic E-state index is 0.0288. The molecule has 19 heavy (non-hydrogen) atoms. The zero-order valence-corrected chi connectivity index (χ0v) is 13.7. The summed E-state index contributed by atoms with van der Waals surface area (Å²) in [5.74, 6) is 0. The highest BCUT2D eigenvalue weighted by atomic mass is 79.9. The molecule has 1 aromatic rings. The Morgan fingerprint density at radius 3 is 2.42 bits per heavy atom. The fraction of sp³-hybridized carbons (Fsp3) is 0.417. The maximum absolute atomic E-state index is 12.3. The summed E-state index contributed by atoms with van der Waals surface area (Å²) < 4.78 is 27.7. The lowest BCUT2D eigenvalue weighted by Gasteiger charge is -2.24. The van der Waals surface area contributed by atoms with Gasteiger partial charge in [-0.15, -0.1) is 0 Å². The van der Waals surface area contributed by atoms with Crippen LogP contribution in [0.5, 0.6) is 0 Å². The molecule has 0 aliphatic carbocycles. The van der Waals surface area contributed by atoms with Crippen LogP contribution in [0.3, 0.4) is 0 Å². The van der Waals surface area contributed by atoms with E-state index < -0.39 is 15.6 Å². The van der Waals surface area contributed by atoms with Gasteiger partial charge in [0.2, 0.25) is 10.0 Å². The van der Waals surface area contributed by atoms with E-state index in [1.165, 1.54) is 12.1 Å². The minimum Gasteiger partial charge on any atom is -0.207 e. The van der Waals surface area contributed by atoms with Gasteiger partial charge in [0.15, 0.2) is 0 Å². The first-order chi connectivity index (χ1) is 8.80. The highest BCUT2D eigenvalue weighted by molar-refractivity contribution is 9.10. The molecule has 0 bridgehead atoms. The molecule has 7 heteroatoms. The van der Waals surface area contributed by atoms with E-state index in [4.69, 9.17) is 11.6 Å². The smallest absolute Gasteiger partial charge is 0.207 e. The van der Waals surface area contributed by atoms with Crippen molar-refractivity contribution < 1.29 is 8.42 Å². The lowest BCUT2D eigenvalue weighted by molar-refractivity contribution is 0.446. The van der Waals surface area contributed by atoms with Gasteiger partial charge in [-0.3, -0.25) is 0 Å². The molecule has 0 saturated heterocycles. The summed E-state index contributed by atoms with van der Waals surface area (Å²) in [4.78, 5) is -0.0288. The van der Waals surface area contributed by atoms with Crippen molar-refractivity contribution in [1.82, 2.24) is 4.72 Å². The topological polar surface area (TPSA) is 70.0 Å². The molecule has 0 aliphatic heterocycles. The predicted octanol–water partition coefficient (Wildman–Crippen LogP) is 3.46. The van der Waals surface area contributed by atoms with Crippen molar-refractivity contribution >= 4 is 37.6 Å². The second-order valence-corrected chi connectivity index (χ2v) is 7.05. The summed E-state index contributed by atoms with van der Waals surface area (Å²) in [5.41, 5.74) is -1.10. The van der Waals surface area contributed by atoms with Crippen molar-refractivity contribution in [2.24, 2.45) is 0 Å². The third-order valence-corrected chi connectivity index (χ3v) is 5.45. The lowest BCUT2D eigenvalue weighted by atomic mass is 9.97. The molecule has 0 amide bonds. The average Bonchev–Trinajstić information content (AvgIpc) is 2.35. The maximum Gasteiger partial charge on any atom is 0.243 e. The number of nitrogens with one attached hydrogen (secondary N) is 1. The Hall–Kier alpha value is -0.610. The van der Waals surface area contributed by atoms with Crippen LogP contribution in [0.25, 0.3) is 0 Å². The summed E-state index contributed by atoms with van der Waals surface area (Å²) in [7, 11) is -3.83. The molecule has 0 atom stereocenters. The summed E-state index contributed by atoms with van der Waals surface area (Å²) in [6.07, 6.45) is 0.765. The number of sulfonamides is 1. The fourth-order valence-corrected chi connectivity index (χ4v) is 4.08. The van der Waals surface area contributed by atoms with Crippen LogP contribution in [-0.4, -0.2) is 14.0 Å². The number of halogens is 2. The quantitative estimate of drug-likeness (QED) is 0.868. The molecule has 4 nitrogen and oxygen atoms in total. The van der Waals surface area contributed by atoms with Gasteiger partial charge in [-0.1, -0.05) is 41.4 Å². The molecule has 0 unspecified atom stereocenters. The Kier molecular flexibility index (Phi) is 5.39. The third kappa shape index (κ3) is 3.69. The molecule has 0 aliphatic rings. The van der Waals surface area contributed by atoms with Crippen molar-refractivity contribution in [3.63, 3.8) is 0 Å². The first-order valence-corrected chi connectivity index (χ1v) is 8.36. The summed E-state index contributed by atoms with van der Waals surface area (Å²) in [5, 5.41) is 9.29. The number of hydrogen-bond acceptors (Lipinski definition) is 3. The van der Waals surface area contributed by atoms with E-state index >= 15 is 0 Å². The Bertz CT molecular complexity index is 607. The van der Waals surface area contributed by atoms with Crippen LogP contribution < -0.4 is 4.72 Å². The van der Waals surface area contributed by atoms with Crippen LogP contribution >= 0.6 is 27.5 Å². The van der Waals surface area contributed by atoms with Gasteiger partial charge in [-0.2, -0.15) is 9.98 Å². The van der Waals surface area contributed by atoms with Gasteiger partial charge >= 0.3 is 0 Å². The SMILES string of the molecule is CCC(C#N)(CC)NS(=O)(=O)c1ccc(Br)cc1Cl. The molecule has 0 radical (unpaired) electrons. The van der Waals surface area contributed by atoms with E-state index in [9.17, 15) is 13.7 Å². The number of nitrogens with zero attached hydrogens (tertiary/aromatic N) is 1. The van der Waals surface area contributed by atoms with Crippen molar-refractivity contribution in [3.8, 4) is 6.07 Å². The highest BCUT2D eigenvalue weighted by Gasteiger charge is 2.33. The molecule has 1 rings (SSSR count). The van der Waals surface area contributed by atoms with Gasteiger partial charge in [-0.05, 0) is 31.0 Å². The largest absolute Gasteiger partial charge is 0.243 e. The Morgan fingerprint density at radius 1 is 1.42 bits per heavy atom. The van der Waals surface area contributed by atoms with Crippen LogP contribution in [0.2, 0.25) is 5.02 Å². The first kappa shape index (κ1) is 16.4. The molecule has 0 aromatic heterocycles. The van der Waals surface area contributed by atoms with Crippen LogP contribution in [0, 0.1) is 11.3 Å². The van der Waals surface area contributed by atoms with Crippen LogP contribution in [0.1, 0.15) is 26.7 Å². The number of nitriles is 1. The summed E-state index contributed by atoms with van der Waals surface area (Å²) >= 11 is 9.15. The van der Waals surface area contributed by atoms with Crippen LogP contribution in [-0.2, 0) is 10.0 Å². The molecule has 0 fully saturated rings. The molecule has 1 N–H and O–H groups in total. The van der Waals surface area contributed by atoms with E-state index in [1.54, 1.807) is 19.9 Å². The summed E-state index contributed by atoms with van der Waals surface area (Å²) in [6.45, 7) is 3.52. The number of rotatable bonds is 5. The lowest BCUT2D eigenvalue weighted by Crippen LogP contribution is -2.46. The second kappa shape index (κ2) is 6.23. The normalized spacial score (nSPS) is 12.2. The maximum atomic E-state index is 12.3. The van der Waals surface area contributed by atoms with Crippen molar-refractivity contribution in [3.05, 3.63) is 27.7 Å². The zero-order valence-electron chi connectivity index (χ0n) is 10.6. The Morgan fingerprint density at radius 2 is 2.00 bits per heavy atom. The Balaban J connectivity index is 3.22. The molecule has 0 heterocycles. The summed E-state index contributed by atoms with van der Waals surface area (Å²) in [6, 6.07) is 6.53. The average molecular weight is 366 g/mol. The van der Waals surface area contributed by atoms with Gasteiger partial charge in [0.05, 0.1) is 11.1 Å². The van der Waals surface area contributed by atoms with Crippen LogP contribution in [0.15, 0.2) is 27.6 Å². The van der Waals surface area contributed by atoms with Gasteiger partial charge < -0.3 is 0 Å². The van der Waals surface area contributed by atoms with Crippen LogP contribution in [0.4, 0.5) is 0 Å². The molecule has 0 spiro atoms. The molecular weight excluding hydrogens is 352 g/mol. The zero-order chi connectivity index (χ0) is 14.7. The minimum atomic E-state index is -3.83. The van der Waals surface area contributed by atoms with E-state index in [1.807, 2.05) is 6.07 Å². The fourth-order valence-electron chi connectivity index (χ4n) is 1.58. The van der Waals surface area contributed by atoms with Crippen molar-refractivity contribution in [1.29, 1.82) is 5.26 Å². The standard InChI is InChI=1S/C12H14BrClN2O2S/c1-3-12(4-2,8-15)16-19(17,18)11-6-5-9(13)7-10(11)14/h5-7,16H,3-4H2,1-2H3. The molecule has 1 aromatic carbocycles. The number of benzene rings is 1. The van der Waals surface area contributed by atoms with E-state index in [0.29, 0.717) is 17.3 Å². The van der Waals surface area contributed by atoms with Gasteiger partial charge in [0.25, 0.3) is 0 Å². The van der Waals surface area contributed by atoms with Gasteiger partial charge in [-0.25, -0.2) is 8.42 Å². The van der Waals surface area contributed by atoms with Crippen molar-refractivity contribution in [2.75, 3.05) is 0 Å². The first-order valence-electron chi connectivity index (χ1n) is 5.70. The highest BCUT2D eigenvalue weighted by Crippen LogP contribution is 2.27. The number of hydrogen-bond donors (Lipinski definition) is 1.